The average molecular weight is 225 g/mol. The second-order valence-corrected chi connectivity index (χ2v) is 2.95. The summed E-state index contributed by atoms with van der Waals surface area (Å²) in [5, 5.41) is 8.37. The Balaban J connectivity index is 2.47. The molecule has 0 radical (unpaired) electrons. The number of carboxylic acids is 1. The molecular formula is C10H11NO5. The predicted molar refractivity (Wildman–Crippen MR) is 52.8 cm³/mol. The van der Waals surface area contributed by atoms with Crippen molar-refractivity contribution >= 4 is 11.9 Å². The number of aliphatic carboxylic acids is 1. The predicted octanol–water partition coefficient (Wildman–Crippen LogP) is 0.608. The molecule has 0 saturated heterocycles. The summed E-state index contributed by atoms with van der Waals surface area (Å²) >= 11 is 0. The molecule has 1 N–H and O–H groups in total. The second kappa shape index (κ2) is 5.69. The van der Waals surface area contributed by atoms with Gasteiger partial charge in [0.15, 0.2) is 6.61 Å². The van der Waals surface area contributed by atoms with Crippen molar-refractivity contribution in [2.24, 2.45) is 0 Å². The molecule has 1 heterocycles. The van der Waals surface area contributed by atoms with Crippen LogP contribution in [0.3, 0.4) is 0 Å². The van der Waals surface area contributed by atoms with Crippen LogP contribution in [0.2, 0.25) is 0 Å². The van der Waals surface area contributed by atoms with Crippen LogP contribution in [-0.4, -0.2) is 28.6 Å². The van der Waals surface area contributed by atoms with E-state index in [4.69, 9.17) is 14.6 Å². The zero-order chi connectivity index (χ0) is 12.0. The van der Waals surface area contributed by atoms with Crippen molar-refractivity contribution in [3.8, 4) is 5.75 Å². The largest absolute Gasteiger partial charge is 0.480 e. The molecule has 1 rings (SSSR count). The molecule has 0 aromatic carbocycles. The van der Waals surface area contributed by atoms with E-state index >= 15 is 0 Å². The zero-order valence-corrected chi connectivity index (χ0v) is 8.67. The summed E-state index contributed by atoms with van der Waals surface area (Å²) in [6.45, 7) is 0.990. The molecule has 0 fully saturated rings. The van der Waals surface area contributed by atoms with Gasteiger partial charge in [-0.15, -0.1) is 0 Å². The van der Waals surface area contributed by atoms with Crippen molar-refractivity contribution < 1.29 is 24.2 Å². The Morgan fingerprint density at radius 2 is 2.19 bits per heavy atom. The fraction of sp³-hybridized carbons (Fsp3) is 0.300. The smallest absolute Gasteiger partial charge is 0.341 e. The quantitative estimate of drug-likeness (QED) is 0.739. The van der Waals surface area contributed by atoms with Gasteiger partial charge < -0.3 is 14.6 Å². The molecule has 0 saturated carbocycles. The molecule has 86 valence electrons. The Bertz CT molecular complexity index is 336. The van der Waals surface area contributed by atoms with Crippen molar-refractivity contribution in [1.29, 1.82) is 0 Å². The van der Waals surface area contributed by atoms with E-state index in [1.54, 1.807) is 12.1 Å². The monoisotopic (exact) mass is 225 g/mol. The van der Waals surface area contributed by atoms with Crippen LogP contribution in [0, 0.1) is 0 Å². The van der Waals surface area contributed by atoms with Gasteiger partial charge >= 0.3 is 11.9 Å². The molecule has 1 aromatic heterocycles. The SMILES string of the molecule is CC(=O)OCc1ccc(OCC(=O)O)cn1. The lowest BCUT2D eigenvalue weighted by Crippen LogP contribution is -2.09. The van der Waals surface area contributed by atoms with Gasteiger partial charge in [0.05, 0.1) is 11.9 Å². The standard InChI is InChI=1S/C10H11NO5/c1-7(12)15-5-8-2-3-9(4-11-8)16-6-10(13)14/h2-4H,5-6H2,1H3,(H,13,14). The van der Waals surface area contributed by atoms with E-state index < -0.39 is 12.6 Å². The maximum Gasteiger partial charge on any atom is 0.341 e. The van der Waals surface area contributed by atoms with Crippen molar-refractivity contribution in [1.82, 2.24) is 4.98 Å². The highest BCUT2D eigenvalue weighted by atomic mass is 16.5. The van der Waals surface area contributed by atoms with Crippen LogP contribution < -0.4 is 4.74 Å². The van der Waals surface area contributed by atoms with Gasteiger partial charge in [0, 0.05) is 6.92 Å². The molecule has 0 atom stereocenters. The third-order valence-corrected chi connectivity index (χ3v) is 1.58. The molecule has 0 aliphatic rings. The fourth-order valence-electron chi connectivity index (χ4n) is 0.902. The summed E-state index contributed by atoms with van der Waals surface area (Å²) in [6, 6.07) is 3.16. The number of hydrogen-bond acceptors (Lipinski definition) is 5. The Morgan fingerprint density at radius 1 is 1.44 bits per heavy atom. The van der Waals surface area contributed by atoms with Gasteiger partial charge in [0.1, 0.15) is 12.4 Å². The van der Waals surface area contributed by atoms with Gasteiger partial charge in [-0.05, 0) is 12.1 Å². The van der Waals surface area contributed by atoms with Gasteiger partial charge in [0.25, 0.3) is 0 Å². The van der Waals surface area contributed by atoms with Gasteiger partial charge in [-0.25, -0.2) is 4.79 Å². The highest BCUT2D eigenvalue weighted by molar-refractivity contribution is 5.68. The molecule has 0 spiro atoms. The number of nitrogens with zero attached hydrogens (tertiary/aromatic N) is 1. The van der Waals surface area contributed by atoms with E-state index in [0.29, 0.717) is 11.4 Å². The molecule has 1 aromatic rings. The molecule has 0 bridgehead atoms. The Hall–Kier alpha value is -2.11. The van der Waals surface area contributed by atoms with Gasteiger partial charge in [-0.1, -0.05) is 0 Å². The lowest BCUT2D eigenvalue weighted by Gasteiger charge is -2.04. The van der Waals surface area contributed by atoms with E-state index in [9.17, 15) is 9.59 Å². The number of ether oxygens (including phenoxy) is 2. The van der Waals surface area contributed by atoms with E-state index in [2.05, 4.69) is 4.98 Å². The first-order valence-corrected chi connectivity index (χ1v) is 4.51. The molecular weight excluding hydrogens is 214 g/mol. The minimum atomic E-state index is -1.05. The van der Waals surface area contributed by atoms with Crippen molar-refractivity contribution in [2.75, 3.05) is 6.61 Å². The van der Waals surface area contributed by atoms with Gasteiger partial charge in [-0.2, -0.15) is 0 Å². The number of carboxylic acid groups (broad SMARTS) is 1. The fourth-order valence-corrected chi connectivity index (χ4v) is 0.902. The van der Waals surface area contributed by atoms with Crippen LogP contribution in [0.4, 0.5) is 0 Å². The molecule has 0 unspecified atom stereocenters. The third-order valence-electron chi connectivity index (χ3n) is 1.58. The number of esters is 1. The average Bonchev–Trinajstić information content (AvgIpc) is 2.25. The number of carbonyl (C=O) groups excluding carboxylic acids is 1. The summed E-state index contributed by atoms with van der Waals surface area (Å²) in [6.07, 6.45) is 1.38. The summed E-state index contributed by atoms with van der Waals surface area (Å²) in [4.78, 5) is 24.7. The number of rotatable bonds is 5. The van der Waals surface area contributed by atoms with E-state index in [0.717, 1.165) is 0 Å². The van der Waals surface area contributed by atoms with Crippen LogP contribution >= 0.6 is 0 Å². The first kappa shape index (κ1) is 12.0. The van der Waals surface area contributed by atoms with Crippen LogP contribution in [0.15, 0.2) is 18.3 Å². The first-order chi connectivity index (χ1) is 7.58. The van der Waals surface area contributed by atoms with Crippen molar-refractivity contribution in [3.05, 3.63) is 24.0 Å². The summed E-state index contributed by atoms with van der Waals surface area (Å²) in [7, 11) is 0. The molecule has 16 heavy (non-hydrogen) atoms. The maximum atomic E-state index is 10.5. The van der Waals surface area contributed by atoms with Gasteiger partial charge in [-0.3, -0.25) is 9.78 Å². The number of hydrogen-bond donors (Lipinski definition) is 1. The molecule has 0 amide bonds. The number of carbonyl (C=O) groups is 2. The van der Waals surface area contributed by atoms with E-state index in [1.807, 2.05) is 0 Å². The summed E-state index contributed by atoms with van der Waals surface area (Å²) < 4.78 is 9.61. The number of pyridine rings is 1. The van der Waals surface area contributed by atoms with E-state index in [1.165, 1.54) is 13.1 Å². The topological polar surface area (TPSA) is 85.7 Å². The van der Waals surface area contributed by atoms with Crippen LogP contribution in [-0.2, 0) is 20.9 Å². The summed E-state index contributed by atoms with van der Waals surface area (Å²) in [5.41, 5.74) is 0.567. The maximum absolute atomic E-state index is 10.5. The molecule has 0 aliphatic heterocycles. The molecule has 6 nitrogen and oxygen atoms in total. The minimum Gasteiger partial charge on any atom is -0.480 e. The highest BCUT2D eigenvalue weighted by Gasteiger charge is 2.01. The molecule has 6 heteroatoms. The highest BCUT2D eigenvalue weighted by Crippen LogP contribution is 2.09. The zero-order valence-electron chi connectivity index (χ0n) is 8.67. The normalized spacial score (nSPS) is 9.56. The Morgan fingerprint density at radius 3 is 2.69 bits per heavy atom. The lowest BCUT2D eigenvalue weighted by molar-refractivity contribution is -0.142. The van der Waals surface area contributed by atoms with Crippen LogP contribution in [0.25, 0.3) is 0 Å². The summed E-state index contributed by atoms with van der Waals surface area (Å²) in [5.74, 6) is -1.08. The first-order valence-electron chi connectivity index (χ1n) is 4.51. The van der Waals surface area contributed by atoms with Gasteiger partial charge in [0.2, 0.25) is 0 Å². The Kier molecular flexibility index (Phi) is 4.26. The second-order valence-electron chi connectivity index (χ2n) is 2.95. The molecule has 0 aliphatic carbocycles. The van der Waals surface area contributed by atoms with Crippen molar-refractivity contribution in [3.63, 3.8) is 0 Å². The van der Waals surface area contributed by atoms with Crippen LogP contribution in [0.5, 0.6) is 5.75 Å². The third kappa shape index (κ3) is 4.41. The van der Waals surface area contributed by atoms with Crippen LogP contribution in [0.1, 0.15) is 12.6 Å². The van der Waals surface area contributed by atoms with E-state index in [-0.39, 0.29) is 12.6 Å². The minimum absolute atomic E-state index is 0.0918. The Labute approximate surface area is 91.8 Å². The lowest BCUT2D eigenvalue weighted by atomic mass is 10.3. The van der Waals surface area contributed by atoms with Crippen molar-refractivity contribution in [2.45, 2.75) is 13.5 Å². The number of aromatic nitrogens is 1.